The molecule has 0 radical (unpaired) electrons. The molecule has 136 valence electrons. The molecule has 4 rings (SSSR count). The third kappa shape index (κ3) is 2.59. The fraction of sp³-hybridized carbons (Fsp3) is 0.471. The molecule has 3 aromatic heterocycles. The van der Waals surface area contributed by atoms with Gasteiger partial charge in [-0.05, 0) is 31.4 Å². The van der Waals surface area contributed by atoms with Crippen LogP contribution < -0.4 is 4.90 Å². The van der Waals surface area contributed by atoms with Crippen molar-refractivity contribution in [2.24, 2.45) is 7.05 Å². The van der Waals surface area contributed by atoms with Crippen molar-refractivity contribution in [3.05, 3.63) is 46.0 Å². The Morgan fingerprint density at radius 1 is 1.27 bits per heavy atom. The van der Waals surface area contributed by atoms with E-state index in [4.69, 9.17) is 0 Å². The third-order valence-electron chi connectivity index (χ3n) is 5.08. The van der Waals surface area contributed by atoms with Crippen molar-refractivity contribution in [3.63, 3.8) is 0 Å². The first-order valence-electron chi connectivity index (χ1n) is 8.85. The van der Waals surface area contributed by atoms with E-state index in [0.717, 1.165) is 37.4 Å². The maximum Gasteiger partial charge on any atom is 0.334 e. The van der Waals surface area contributed by atoms with Crippen LogP contribution in [-0.4, -0.2) is 42.4 Å². The zero-order chi connectivity index (χ0) is 18.3. The number of fused-ring (bicyclic) bond motifs is 1. The molecule has 0 aromatic carbocycles. The summed E-state index contributed by atoms with van der Waals surface area (Å²) in [7, 11) is 1.78. The fourth-order valence-electron chi connectivity index (χ4n) is 3.83. The number of anilines is 1. The van der Waals surface area contributed by atoms with Crippen LogP contribution in [0.2, 0.25) is 0 Å². The van der Waals surface area contributed by atoms with Gasteiger partial charge in [0, 0.05) is 32.3 Å². The Balaban J connectivity index is 1.58. The minimum absolute atomic E-state index is 0.140. The molecule has 4 heterocycles. The highest BCUT2D eigenvalue weighted by atomic mass is 16.6. The van der Waals surface area contributed by atoms with E-state index in [1.807, 2.05) is 35.7 Å². The number of hydrogen-bond donors (Lipinski definition) is 0. The van der Waals surface area contributed by atoms with Crippen molar-refractivity contribution in [3.8, 4) is 0 Å². The predicted molar refractivity (Wildman–Crippen MR) is 96.4 cm³/mol. The van der Waals surface area contributed by atoms with Gasteiger partial charge in [-0.25, -0.2) is 4.68 Å². The molecular weight excluding hydrogens is 334 g/mol. The molecule has 9 nitrogen and oxygen atoms in total. The topological polar surface area (TPSA) is 94.4 Å². The maximum atomic E-state index is 11.6. The van der Waals surface area contributed by atoms with Gasteiger partial charge >= 0.3 is 5.69 Å². The lowest BCUT2D eigenvalue weighted by molar-refractivity contribution is -0.384. The van der Waals surface area contributed by atoms with E-state index in [0.29, 0.717) is 23.9 Å². The zero-order valence-corrected chi connectivity index (χ0v) is 14.9. The van der Waals surface area contributed by atoms with Crippen molar-refractivity contribution in [2.45, 2.75) is 32.1 Å². The van der Waals surface area contributed by atoms with Crippen molar-refractivity contribution in [1.29, 1.82) is 0 Å². The summed E-state index contributed by atoms with van der Waals surface area (Å²) in [6.07, 6.45) is 4.28. The smallest absolute Gasteiger partial charge is 0.334 e. The minimum Gasteiger partial charge on any atom is -0.351 e. The molecule has 0 spiro atoms. The first-order valence-corrected chi connectivity index (χ1v) is 8.85. The van der Waals surface area contributed by atoms with Crippen LogP contribution in [0.15, 0.2) is 24.4 Å². The van der Waals surface area contributed by atoms with E-state index in [2.05, 4.69) is 20.2 Å². The van der Waals surface area contributed by atoms with Gasteiger partial charge in [-0.15, -0.1) is 10.2 Å². The average Bonchev–Trinajstić information content (AvgIpc) is 3.22. The standard InChI is InChI=1S/C17H21N7O2/c1-3-13-15(24(25)26)17(21(2)20-13)22-10-7-12(8-11-22)16-19-18-14-6-4-5-9-23(14)16/h4-6,9,12H,3,7-8,10-11H2,1-2H3. The van der Waals surface area contributed by atoms with Crippen LogP contribution in [0.1, 0.15) is 37.2 Å². The molecule has 0 aliphatic carbocycles. The van der Waals surface area contributed by atoms with Gasteiger partial charge in [0.2, 0.25) is 5.82 Å². The van der Waals surface area contributed by atoms with Crippen molar-refractivity contribution in [1.82, 2.24) is 24.4 Å². The van der Waals surface area contributed by atoms with E-state index < -0.39 is 0 Å². The van der Waals surface area contributed by atoms with Crippen LogP contribution in [0.4, 0.5) is 11.5 Å². The second-order valence-electron chi connectivity index (χ2n) is 6.60. The molecule has 1 aliphatic heterocycles. The number of hydrogen-bond acceptors (Lipinski definition) is 6. The fourth-order valence-corrected chi connectivity index (χ4v) is 3.83. The van der Waals surface area contributed by atoms with Crippen LogP contribution >= 0.6 is 0 Å². The Kier molecular flexibility index (Phi) is 4.06. The molecule has 1 saturated heterocycles. The van der Waals surface area contributed by atoms with Gasteiger partial charge in [-0.3, -0.25) is 14.5 Å². The van der Waals surface area contributed by atoms with Gasteiger partial charge in [-0.1, -0.05) is 13.0 Å². The SMILES string of the molecule is CCc1nn(C)c(N2CCC(c3nnc4ccccn34)CC2)c1[N+](=O)[O-]. The van der Waals surface area contributed by atoms with E-state index in [-0.39, 0.29) is 10.6 Å². The van der Waals surface area contributed by atoms with Crippen LogP contribution in [0.3, 0.4) is 0 Å². The number of nitrogens with zero attached hydrogens (tertiary/aromatic N) is 7. The van der Waals surface area contributed by atoms with Gasteiger partial charge in [0.25, 0.3) is 0 Å². The minimum atomic E-state index is -0.306. The highest BCUT2D eigenvalue weighted by Gasteiger charge is 2.33. The summed E-state index contributed by atoms with van der Waals surface area (Å²) in [5.41, 5.74) is 1.53. The quantitative estimate of drug-likeness (QED) is 0.526. The lowest BCUT2D eigenvalue weighted by atomic mass is 9.96. The molecule has 9 heteroatoms. The van der Waals surface area contributed by atoms with Crippen LogP contribution in [0.25, 0.3) is 5.65 Å². The summed E-state index contributed by atoms with van der Waals surface area (Å²) in [6.45, 7) is 3.35. The molecule has 0 atom stereocenters. The van der Waals surface area contributed by atoms with Gasteiger partial charge < -0.3 is 4.90 Å². The average molecular weight is 355 g/mol. The first-order chi connectivity index (χ1) is 12.6. The van der Waals surface area contributed by atoms with Gasteiger partial charge in [-0.2, -0.15) is 5.10 Å². The first kappa shape index (κ1) is 16.5. The molecule has 26 heavy (non-hydrogen) atoms. The molecule has 0 amide bonds. The Morgan fingerprint density at radius 2 is 2.04 bits per heavy atom. The number of aryl methyl sites for hydroxylation is 2. The third-order valence-corrected chi connectivity index (χ3v) is 5.08. The molecule has 1 aliphatic rings. The van der Waals surface area contributed by atoms with Gasteiger partial charge in [0.1, 0.15) is 11.5 Å². The molecule has 1 fully saturated rings. The van der Waals surface area contributed by atoms with E-state index in [1.165, 1.54) is 0 Å². The lowest BCUT2D eigenvalue weighted by Gasteiger charge is -2.32. The second-order valence-corrected chi connectivity index (χ2v) is 6.60. The van der Waals surface area contributed by atoms with E-state index >= 15 is 0 Å². The van der Waals surface area contributed by atoms with Crippen LogP contribution in [-0.2, 0) is 13.5 Å². The number of rotatable bonds is 4. The summed E-state index contributed by atoms with van der Waals surface area (Å²) < 4.78 is 3.67. The molecular formula is C17H21N7O2. The Morgan fingerprint density at radius 3 is 2.73 bits per heavy atom. The Hall–Kier alpha value is -2.97. The van der Waals surface area contributed by atoms with Crippen LogP contribution in [0, 0.1) is 10.1 Å². The summed E-state index contributed by atoms with van der Waals surface area (Å²) in [5, 5.41) is 24.5. The van der Waals surface area contributed by atoms with Crippen LogP contribution in [0.5, 0.6) is 0 Å². The largest absolute Gasteiger partial charge is 0.351 e. The summed E-state index contributed by atoms with van der Waals surface area (Å²) in [4.78, 5) is 13.3. The maximum absolute atomic E-state index is 11.6. The van der Waals surface area contributed by atoms with E-state index in [1.54, 1.807) is 11.7 Å². The highest BCUT2D eigenvalue weighted by Crippen LogP contribution is 2.36. The Bertz CT molecular complexity index is 953. The summed E-state index contributed by atoms with van der Waals surface area (Å²) >= 11 is 0. The molecule has 0 bridgehead atoms. The van der Waals surface area contributed by atoms with Gasteiger partial charge in [0.05, 0.1) is 4.92 Å². The number of piperidine rings is 1. The van der Waals surface area contributed by atoms with Crippen molar-refractivity contribution >= 4 is 17.2 Å². The second kappa shape index (κ2) is 6.40. The van der Waals surface area contributed by atoms with E-state index in [9.17, 15) is 10.1 Å². The molecule has 0 N–H and O–H groups in total. The van der Waals surface area contributed by atoms with Gasteiger partial charge in [0.15, 0.2) is 5.65 Å². The summed E-state index contributed by atoms with van der Waals surface area (Å²) in [6, 6.07) is 5.86. The number of aromatic nitrogens is 5. The number of nitro groups is 1. The highest BCUT2D eigenvalue weighted by molar-refractivity contribution is 5.62. The molecule has 3 aromatic rings. The lowest BCUT2D eigenvalue weighted by Crippen LogP contribution is -2.35. The monoisotopic (exact) mass is 355 g/mol. The predicted octanol–water partition coefficient (Wildman–Crippen LogP) is 2.32. The normalized spacial score (nSPS) is 15.7. The van der Waals surface area contributed by atoms with Crippen molar-refractivity contribution < 1.29 is 4.92 Å². The van der Waals surface area contributed by atoms with Crippen molar-refractivity contribution in [2.75, 3.05) is 18.0 Å². The molecule has 0 unspecified atom stereocenters. The zero-order valence-electron chi connectivity index (χ0n) is 14.9. The molecule has 0 saturated carbocycles. The Labute approximate surface area is 150 Å². The number of pyridine rings is 1. The summed E-state index contributed by atoms with van der Waals surface area (Å²) in [5.74, 6) is 1.87.